The molecule has 0 amide bonds. The molecule has 0 aromatic heterocycles. The van der Waals surface area contributed by atoms with Gasteiger partial charge in [-0.05, 0) is 112 Å². The summed E-state index contributed by atoms with van der Waals surface area (Å²) in [5.74, 6) is 9.92. The number of allylic oxidation sites excluding steroid dienone is 1. The standard InChI is InChI=1S/C30H36O2/c1-3-5-20-32-29-17-10-24(11-18-29)7-6-23-8-12-25(13-9-23)26-14-15-28-22-30(31-4-2)19-16-27(28)21-26/h3,5,8-13,17-18,26-28,30H,4,14-16,19-22H2,1-2H3/b5-3+. The van der Waals surface area contributed by atoms with Crippen LogP contribution in [-0.2, 0) is 4.74 Å². The maximum atomic E-state index is 5.92. The van der Waals surface area contributed by atoms with Crippen LogP contribution in [-0.4, -0.2) is 19.3 Å². The molecule has 2 heteroatoms. The van der Waals surface area contributed by atoms with E-state index in [1.54, 1.807) is 0 Å². The van der Waals surface area contributed by atoms with Crippen molar-refractivity contribution in [3.05, 3.63) is 77.4 Å². The molecule has 4 rings (SSSR count). The molecule has 2 aliphatic rings. The third-order valence-corrected chi connectivity index (χ3v) is 7.14. The van der Waals surface area contributed by atoms with Crippen molar-refractivity contribution in [3.63, 3.8) is 0 Å². The van der Waals surface area contributed by atoms with Crippen LogP contribution in [0, 0.1) is 23.7 Å². The predicted octanol–water partition coefficient (Wildman–Crippen LogP) is 7.13. The Morgan fingerprint density at radius 1 is 0.844 bits per heavy atom. The summed E-state index contributed by atoms with van der Waals surface area (Å²) in [6.45, 7) is 5.57. The lowest BCUT2D eigenvalue weighted by molar-refractivity contribution is -0.00955. The van der Waals surface area contributed by atoms with Gasteiger partial charge in [0.05, 0.1) is 6.10 Å². The van der Waals surface area contributed by atoms with Gasteiger partial charge in [-0.1, -0.05) is 36.1 Å². The molecular formula is C30H36O2. The van der Waals surface area contributed by atoms with Crippen LogP contribution in [0.25, 0.3) is 0 Å². The van der Waals surface area contributed by atoms with Gasteiger partial charge in [0, 0.05) is 17.7 Å². The first-order valence-electron chi connectivity index (χ1n) is 12.3. The highest BCUT2D eigenvalue weighted by molar-refractivity contribution is 5.45. The van der Waals surface area contributed by atoms with Crippen LogP contribution in [0.4, 0.5) is 0 Å². The molecule has 0 heterocycles. The van der Waals surface area contributed by atoms with Gasteiger partial charge in [0.15, 0.2) is 0 Å². The largest absolute Gasteiger partial charge is 0.490 e. The number of hydrogen-bond acceptors (Lipinski definition) is 2. The van der Waals surface area contributed by atoms with E-state index in [9.17, 15) is 0 Å². The van der Waals surface area contributed by atoms with Crippen molar-refractivity contribution < 1.29 is 9.47 Å². The Kier molecular flexibility index (Phi) is 8.07. The van der Waals surface area contributed by atoms with E-state index in [-0.39, 0.29) is 0 Å². The number of fused-ring (bicyclic) bond motifs is 1. The third-order valence-electron chi connectivity index (χ3n) is 7.14. The van der Waals surface area contributed by atoms with Crippen molar-refractivity contribution >= 4 is 0 Å². The first kappa shape index (κ1) is 22.7. The highest BCUT2D eigenvalue weighted by Crippen LogP contribution is 2.46. The molecule has 2 aliphatic carbocycles. The number of benzene rings is 2. The molecule has 168 valence electrons. The van der Waals surface area contributed by atoms with E-state index in [4.69, 9.17) is 9.47 Å². The van der Waals surface area contributed by atoms with Crippen LogP contribution in [0.1, 0.15) is 75.0 Å². The first-order chi connectivity index (χ1) is 15.7. The Morgan fingerprint density at radius 3 is 2.19 bits per heavy atom. The van der Waals surface area contributed by atoms with Crippen molar-refractivity contribution in [2.45, 2.75) is 64.4 Å². The molecule has 2 fully saturated rings. The summed E-state index contributed by atoms with van der Waals surface area (Å²) >= 11 is 0. The minimum absolute atomic E-state index is 0.512. The maximum Gasteiger partial charge on any atom is 0.119 e. The van der Waals surface area contributed by atoms with Gasteiger partial charge < -0.3 is 9.47 Å². The fourth-order valence-corrected chi connectivity index (χ4v) is 5.39. The fraction of sp³-hybridized carbons (Fsp3) is 0.467. The summed E-state index contributed by atoms with van der Waals surface area (Å²) in [6, 6.07) is 17.0. The summed E-state index contributed by atoms with van der Waals surface area (Å²) in [6.07, 6.45) is 12.4. The van der Waals surface area contributed by atoms with Crippen molar-refractivity contribution in [3.8, 4) is 17.6 Å². The molecule has 2 aromatic rings. The molecule has 0 bridgehead atoms. The third kappa shape index (κ3) is 6.05. The lowest BCUT2D eigenvalue weighted by atomic mass is 9.65. The maximum absolute atomic E-state index is 5.92. The van der Waals surface area contributed by atoms with Crippen molar-refractivity contribution in [1.82, 2.24) is 0 Å². The second-order valence-corrected chi connectivity index (χ2v) is 9.20. The van der Waals surface area contributed by atoms with Gasteiger partial charge in [-0.25, -0.2) is 0 Å². The molecule has 0 N–H and O–H groups in total. The predicted molar refractivity (Wildman–Crippen MR) is 132 cm³/mol. The summed E-state index contributed by atoms with van der Waals surface area (Å²) < 4.78 is 11.6. The molecule has 4 atom stereocenters. The van der Waals surface area contributed by atoms with Crippen LogP contribution < -0.4 is 4.74 Å². The molecule has 4 unspecified atom stereocenters. The Morgan fingerprint density at radius 2 is 1.50 bits per heavy atom. The van der Waals surface area contributed by atoms with E-state index in [0.29, 0.717) is 18.6 Å². The molecule has 32 heavy (non-hydrogen) atoms. The highest BCUT2D eigenvalue weighted by atomic mass is 16.5. The Bertz CT molecular complexity index is 930. The lowest BCUT2D eigenvalue weighted by Crippen LogP contribution is -2.33. The molecule has 2 saturated carbocycles. The van der Waals surface area contributed by atoms with Crippen molar-refractivity contribution in [2.24, 2.45) is 11.8 Å². The van der Waals surface area contributed by atoms with Crippen molar-refractivity contribution in [2.75, 3.05) is 13.2 Å². The number of ether oxygens (including phenoxy) is 2. The van der Waals surface area contributed by atoms with Crippen LogP contribution in [0.5, 0.6) is 5.75 Å². The average Bonchev–Trinajstić information content (AvgIpc) is 2.84. The molecule has 0 radical (unpaired) electrons. The Hall–Kier alpha value is -2.50. The zero-order valence-corrected chi connectivity index (χ0v) is 19.6. The molecule has 2 aromatic carbocycles. The highest BCUT2D eigenvalue weighted by Gasteiger charge is 2.36. The van der Waals surface area contributed by atoms with Crippen molar-refractivity contribution in [1.29, 1.82) is 0 Å². The van der Waals surface area contributed by atoms with Gasteiger partial charge in [-0.15, -0.1) is 0 Å². The second kappa shape index (κ2) is 11.4. The molecule has 0 spiro atoms. The SMILES string of the molecule is C/C=C/COc1ccc(C#Cc2ccc(C3CCC4CC(OCC)CCC4C3)cc2)cc1. The quantitative estimate of drug-likeness (QED) is 0.360. The van der Waals surface area contributed by atoms with Gasteiger partial charge >= 0.3 is 0 Å². The van der Waals surface area contributed by atoms with Crippen LogP contribution in [0.15, 0.2) is 60.7 Å². The van der Waals surface area contributed by atoms with E-state index < -0.39 is 0 Å². The zero-order valence-electron chi connectivity index (χ0n) is 19.6. The van der Waals surface area contributed by atoms with E-state index >= 15 is 0 Å². The number of rotatable bonds is 6. The van der Waals surface area contributed by atoms with E-state index in [0.717, 1.165) is 35.3 Å². The summed E-state index contributed by atoms with van der Waals surface area (Å²) in [5.41, 5.74) is 3.57. The van der Waals surface area contributed by atoms with E-state index in [2.05, 4.69) is 43.0 Å². The monoisotopic (exact) mass is 428 g/mol. The zero-order chi connectivity index (χ0) is 22.2. The van der Waals surface area contributed by atoms with Gasteiger partial charge in [0.25, 0.3) is 0 Å². The van der Waals surface area contributed by atoms with E-state index in [1.165, 1.54) is 44.1 Å². The molecule has 2 nitrogen and oxygen atoms in total. The first-order valence-corrected chi connectivity index (χ1v) is 12.3. The Balaban J connectivity index is 1.31. The van der Waals surface area contributed by atoms with Gasteiger partial charge in [-0.2, -0.15) is 0 Å². The van der Waals surface area contributed by atoms with Crippen LogP contribution in [0.3, 0.4) is 0 Å². The second-order valence-electron chi connectivity index (χ2n) is 9.20. The minimum atomic E-state index is 0.512. The van der Waals surface area contributed by atoms with Gasteiger partial charge in [-0.3, -0.25) is 0 Å². The molecule has 0 saturated heterocycles. The smallest absolute Gasteiger partial charge is 0.119 e. The van der Waals surface area contributed by atoms with Crippen LogP contribution >= 0.6 is 0 Å². The normalized spacial score (nSPS) is 25.1. The minimum Gasteiger partial charge on any atom is -0.490 e. The summed E-state index contributed by atoms with van der Waals surface area (Å²) in [4.78, 5) is 0. The van der Waals surface area contributed by atoms with Gasteiger partial charge in [0.1, 0.15) is 12.4 Å². The fourth-order valence-electron chi connectivity index (χ4n) is 5.39. The lowest BCUT2D eigenvalue weighted by Gasteiger charge is -2.42. The van der Waals surface area contributed by atoms with Gasteiger partial charge in [0.2, 0.25) is 0 Å². The molecule has 0 aliphatic heterocycles. The molecular weight excluding hydrogens is 392 g/mol. The summed E-state index contributed by atoms with van der Waals surface area (Å²) in [7, 11) is 0. The topological polar surface area (TPSA) is 18.5 Å². The summed E-state index contributed by atoms with van der Waals surface area (Å²) in [5, 5.41) is 0. The van der Waals surface area contributed by atoms with E-state index in [1.807, 2.05) is 43.3 Å². The average molecular weight is 429 g/mol. The Labute approximate surface area is 194 Å². The van der Waals surface area contributed by atoms with Crippen LogP contribution in [0.2, 0.25) is 0 Å². The number of hydrogen-bond donors (Lipinski definition) is 0.